The number of amides is 2. The van der Waals surface area contributed by atoms with Crippen molar-refractivity contribution in [2.75, 3.05) is 35.3 Å². The zero-order chi connectivity index (χ0) is 19.1. The SMILES string of the molecule is O=C1CSC2(C(=O)N(CN3CCCCC3)c3ccccc32)N1c1ccccc1. The monoisotopic (exact) mass is 393 g/mol. The summed E-state index contributed by atoms with van der Waals surface area (Å²) in [6.45, 7) is 2.63. The molecule has 0 aromatic heterocycles. The van der Waals surface area contributed by atoms with Crippen molar-refractivity contribution in [3.05, 3.63) is 60.2 Å². The molecule has 2 aromatic rings. The third-order valence-electron chi connectivity index (χ3n) is 5.87. The first-order valence-corrected chi connectivity index (χ1v) is 10.9. The van der Waals surface area contributed by atoms with Crippen LogP contribution in [0.25, 0.3) is 0 Å². The number of piperidine rings is 1. The van der Waals surface area contributed by atoms with Crippen LogP contribution < -0.4 is 9.80 Å². The molecule has 1 spiro atoms. The van der Waals surface area contributed by atoms with Gasteiger partial charge in [-0.3, -0.25) is 24.3 Å². The van der Waals surface area contributed by atoms with Crippen LogP contribution in [0.2, 0.25) is 0 Å². The fourth-order valence-electron chi connectivity index (χ4n) is 4.57. The molecule has 2 amide bonds. The average molecular weight is 394 g/mol. The number of benzene rings is 2. The first-order valence-electron chi connectivity index (χ1n) is 9.88. The van der Waals surface area contributed by atoms with Crippen molar-refractivity contribution in [2.24, 2.45) is 0 Å². The van der Waals surface area contributed by atoms with Crippen LogP contribution in [0.1, 0.15) is 24.8 Å². The van der Waals surface area contributed by atoms with Gasteiger partial charge in [0.15, 0.2) is 0 Å². The normalized spacial score (nSPS) is 25.0. The van der Waals surface area contributed by atoms with E-state index in [1.807, 2.05) is 59.5 Å². The van der Waals surface area contributed by atoms with Crippen molar-refractivity contribution in [2.45, 2.75) is 24.1 Å². The summed E-state index contributed by atoms with van der Waals surface area (Å²) in [6.07, 6.45) is 3.62. The molecule has 0 bridgehead atoms. The van der Waals surface area contributed by atoms with Crippen LogP contribution in [0.4, 0.5) is 11.4 Å². The van der Waals surface area contributed by atoms with Gasteiger partial charge in [0.2, 0.25) is 10.8 Å². The lowest BCUT2D eigenvalue weighted by atomic mass is 10.0. The van der Waals surface area contributed by atoms with Crippen molar-refractivity contribution in [1.29, 1.82) is 0 Å². The van der Waals surface area contributed by atoms with Crippen molar-refractivity contribution in [3.63, 3.8) is 0 Å². The number of rotatable bonds is 3. The maximum atomic E-state index is 13.9. The van der Waals surface area contributed by atoms with E-state index >= 15 is 0 Å². The second-order valence-corrected chi connectivity index (χ2v) is 8.74. The van der Waals surface area contributed by atoms with Gasteiger partial charge < -0.3 is 0 Å². The fourth-order valence-corrected chi connectivity index (χ4v) is 5.93. The predicted molar refractivity (Wildman–Crippen MR) is 112 cm³/mol. The molecule has 3 aliphatic rings. The lowest BCUT2D eigenvalue weighted by Crippen LogP contribution is -2.52. The van der Waals surface area contributed by atoms with Crippen LogP contribution in [-0.4, -0.2) is 42.2 Å². The summed E-state index contributed by atoms with van der Waals surface area (Å²) in [5.74, 6) is 0.296. The van der Waals surface area contributed by atoms with E-state index in [0.29, 0.717) is 12.4 Å². The molecule has 5 nitrogen and oxygen atoms in total. The maximum Gasteiger partial charge on any atom is 0.269 e. The minimum absolute atomic E-state index is 0.000948. The van der Waals surface area contributed by atoms with Gasteiger partial charge in [0.05, 0.1) is 18.1 Å². The number of thioether (sulfide) groups is 1. The number of hydrogen-bond acceptors (Lipinski definition) is 4. The summed E-state index contributed by atoms with van der Waals surface area (Å²) in [5.41, 5.74) is 2.64. The highest BCUT2D eigenvalue weighted by atomic mass is 32.2. The van der Waals surface area contributed by atoms with Crippen molar-refractivity contribution in [1.82, 2.24) is 4.90 Å². The number of carbonyl (C=O) groups excluding carboxylic acids is 2. The summed E-state index contributed by atoms with van der Waals surface area (Å²) in [5, 5.41) is 0. The summed E-state index contributed by atoms with van der Waals surface area (Å²) in [4.78, 5) is 31.8. The average Bonchev–Trinajstić information content (AvgIpc) is 3.21. The Kier molecular flexibility index (Phi) is 4.40. The molecule has 28 heavy (non-hydrogen) atoms. The molecule has 0 N–H and O–H groups in total. The molecule has 144 valence electrons. The lowest BCUT2D eigenvalue weighted by molar-refractivity contribution is -0.124. The van der Waals surface area contributed by atoms with E-state index in [-0.39, 0.29) is 11.8 Å². The Morgan fingerprint density at radius 1 is 0.893 bits per heavy atom. The molecule has 0 saturated carbocycles. The summed E-state index contributed by atoms with van der Waals surface area (Å²) in [6, 6.07) is 17.5. The van der Waals surface area contributed by atoms with E-state index < -0.39 is 4.87 Å². The molecule has 1 unspecified atom stereocenters. The highest BCUT2D eigenvalue weighted by Crippen LogP contribution is 2.55. The smallest absolute Gasteiger partial charge is 0.269 e. The van der Waals surface area contributed by atoms with Gasteiger partial charge in [0, 0.05) is 11.3 Å². The number of para-hydroxylation sites is 2. The topological polar surface area (TPSA) is 43.9 Å². The number of carbonyl (C=O) groups is 2. The van der Waals surface area contributed by atoms with Crippen LogP contribution in [0.15, 0.2) is 54.6 Å². The number of hydrogen-bond donors (Lipinski definition) is 0. The standard InChI is InChI=1S/C22H23N3O2S/c26-20-15-28-22(25(20)17-9-3-1-4-10-17)18-11-5-6-12-19(18)24(21(22)27)16-23-13-7-2-8-14-23/h1,3-6,9-12H,2,7-8,13-16H2. The minimum Gasteiger partial charge on any atom is -0.295 e. The zero-order valence-corrected chi connectivity index (χ0v) is 16.5. The number of fused-ring (bicyclic) bond motifs is 2. The van der Waals surface area contributed by atoms with Crippen molar-refractivity contribution in [3.8, 4) is 0 Å². The highest BCUT2D eigenvalue weighted by molar-refractivity contribution is 8.02. The third kappa shape index (κ3) is 2.58. The van der Waals surface area contributed by atoms with Crippen LogP contribution in [0.5, 0.6) is 0 Å². The third-order valence-corrected chi connectivity index (χ3v) is 7.25. The Bertz CT molecular complexity index is 913. The molecule has 1 atom stereocenters. The van der Waals surface area contributed by atoms with E-state index in [2.05, 4.69) is 4.90 Å². The van der Waals surface area contributed by atoms with Gasteiger partial charge in [-0.25, -0.2) is 0 Å². The van der Waals surface area contributed by atoms with Gasteiger partial charge in [-0.1, -0.05) is 42.8 Å². The molecule has 2 fully saturated rings. The summed E-state index contributed by atoms with van der Waals surface area (Å²) < 4.78 is 0. The number of likely N-dealkylation sites (tertiary alicyclic amines) is 1. The Hall–Kier alpha value is -2.31. The summed E-state index contributed by atoms with van der Waals surface area (Å²) in [7, 11) is 0. The molecular weight excluding hydrogens is 370 g/mol. The number of anilines is 2. The van der Waals surface area contributed by atoms with Gasteiger partial charge in [-0.2, -0.15) is 0 Å². The molecule has 2 saturated heterocycles. The summed E-state index contributed by atoms with van der Waals surface area (Å²) >= 11 is 1.45. The van der Waals surface area contributed by atoms with Crippen molar-refractivity contribution >= 4 is 35.0 Å². The van der Waals surface area contributed by atoms with Crippen LogP contribution in [0, 0.1) is 0 Å². The molecule has 5 rings (SSSR count). The van der Waals surface area contributed by atoms with E-state index in [0.717, 1.165) is 30.0 Å². The van der Waals surface area contributed by atoms with Crippen LogP contribution >= 0.6 is 11.8 Å². The quantitative estimate of drug-likeness (QED) is 0.802. The first-order chi connectivity index (χ1) is 13.7. The van der Waals surface area contributed by atoms with E-state index in [4.69, 9.17) is 0 Å². The molecule has 3 heterocycles. The van der Waals surface area contributed by atoms with Crippen LogP contribution in [0.3, 0.4) is 0 Å². The Morgan fingerprint density at radius 3 is 2.39 bits per heavy atom. The number of nitrogens with zero attached hydrogens (tertiary/aromatic N) is 3. The largest absolute Gasteiger partial charge is 0.295 e. The molecule has 3 aliphatic heterocycles. The zero-order valence-electron chi connectivity index (χ0n) is 15.7. The second kappa shape index (κ2) is 6.94. The molecule has 6 heteroatoms. The van der Waals surface area contributed by atoms with E-state index in [1.165, 1.54) is 31.0 Å². The second-order valence-electron chi connectivity index (χ2n) is 7.57. The van der Waals surface area contributed by atoms with E-state index in [9.17, 15) is 9.59 Å². The Morgan fingerprint density at radius 2 is 1.61 bits per heavy atom. The predicted octanol–water partition coefficient (Wildman–Crippen LogP) is 3.41. The van der Waals surface area contributed by atoms with Gasteiger partial charge in [-0.05, 0) is 44.1 Å². The Labute approximate surface area is 169 Å². The Balaban J connectivity index is 1.59. The van der Waals surface area contributed by atoms with Gasteiger partial charge >= 0.3 is 0 Å². The van der Waals surface area contributed by atoms with Gasteiger partial charge in [-0.15, -0.1) is 11.8 Å². The molecule has 0 radical (unpaired) electrons. The highest BCUT2D eigenvalue weighted by Gasteiger charge is 2.61. The first kappa shape index (κ1) is 17.8. The van der Waals surface area contributed by atoms with Gasteiger partial charge in [0.1, 0.15) is 0 Å². The molecule has 0 aliphatic carbocycles. The van der Waals surface area contributed by atoms with Crippen molar-refractivity contribution < 1.29 is 9.59 Å². The van der Waals surface area contributed by atoms with E-state index in [1.54, 1.807) is 4.90 Å². The fraction of sp³-hybridized carbons (Fsp3) is 0.364. The molecular formula is C22H23N3O2S. The molecule has 2 aromatic carbocycles. The maximum absolute atomic E-state index is 13.9. The lowest BCUT2D eigenvalue weighted by Gasteiger charge is -2.35. The minimum atomic E-state index is -0.995. The van der Waals surface area contributed by atoms with Crippen LogP contribution in [-0.2, 0) is 14.5 Å². The van der Waals surface area contributed by atoms with Gasteiger partial charge in [0.25, 0.3) is 5.91 Å².